The van der Waals surface area contributed by atoms with Crippen molar-refractivity contribution in [1.29, 1.82) is 0 Å². The van der Waals surface area contributed by atoms with E-state index < -0.39 is 0 Å². The second kappa shape index (κ2) is 6.36. The highest BCUT2D eigenvalue weighted by atomic mass is 16.5. The van der Waals surface area contributed by atoms with Gasteiger partial charge in [-0.2, -0.15) is 0 Å². The van der Waals surface area contributed by atoms with Crippen LogP contribution in [0.25, 0.3) is 11.6 Å². The van der Waals surface area contributed by atoms with Gasteiger partial charge in [-0.3, -0.25) is 4.79 Å². The third-order valence-electron chi connectivity index (χ3n) is 5.59. The van der Waals surface area contributed by atoms with Crippen molar-refractivity contribution >= 4 is 17.4 Å². The summed E-state index contributed by atoms with van der Waals surface area (Å²) in [5.41, 5.74) is 9.58. The summed E-state index contributed by atoms with van der Waals surface area (Å²) in [6.45, 7) is 3.00. The van der Waals surface area contributed by atoms with Crippen LogP contribution in [0, 0.1) is 0 Å². The first-order valence-corrected chi connectivity index (χ1v) is 9.38. The number of hydrogen-bond donors (Lipinski definition) is 1. The Kier molecular flexibility index (Phi) is 3.83. The average molecular weight is 355 g/mol. The van der Waals surface area contributed by atoms with E-state index in [0.29, 0.717) is 19.6 Å². The van der Waals surface area contributed by atoms with E-state index in [-0.39, 0.29) is 11.7 Å². The second-order valence-electron chi connectivity index (χ2n) is 7.43. The number of carbonyl (C=O) groups excluding carboxylic acids is 1. The molecule has 5 rings (SSSR count). The number of ether oxygens (including phenoxy) is 1. The summed E-state index contributed by atoms with van der Waals surface area (Å²) in [5.74, 6) is 0.234. The predicted molar refractivity (Wildman–Crippen MR) is 106 cm³/mol. The SMILES string of the molecule is CC(=O)C[C@@H]1c2cc3c(cc2C=C(c2ccccc2)c2cc[nH]c21)COC3. The second-order valence-corrected chi connectivity index (χ2v) is 7.43. The first kappa shape index (κ1) is 16.3. The summed E-state index contributed by atoms with van der Waals surface area (Å²) in [6, 6.07) is 17.1. The molecule has 0 radical (unpaired) electrons. The first-order chi connectivity index (χ1) is 13.2. The summed E-state index contributed by atoms with van der Waals surface area (Å²) >= 11 is 0. The molecule has 3 aromatic rings. The van der Waals surface area contributed by atoms with Crippen molar-refractivity contribution in [2.45, 2.75) is 32.5 Å². The third kappa shape index (κ3) is 2.75. The fourth-order valence-corrected chi connectivity index (χ4v) is 4.34. The van der Waals surface area contributed by atoms with Crippen molar-refractivity contribution in [1.82, 2.24) is 4.98 Å². The lowest BCUT2D eigenvalue weighted by Gasteiger charge is -2.18. The van der Waals surface area contributed by atoms with Gasteiger partial charge in [0.05, 0.1) is 13.2 Å². The van der Waals surface area contributed by atoms with Crippen LogP contribution in [0.5, 0.6) is 0 Å². The van der Waals surface area contributed by atoms with E-state index in [1.54, 1.807) is 6.92 Å². The zero-order valence-corrected chi connectivity index (χ0v) is 15.3. The van der Waals surface area contributed by atoms with Gasteiger partial charge in [0.15, 0.2) is 0 Å². The molecular weight excluding hydrogens is 334 g/mol. The largest absolute Gasteiger partial charge is 0.372 e. The summed E-state index contributed by atoms with van der Waals surface area (Å²) in [7, 11) is 0. The molecule has 134 valence electrons. The minimum atomic E-state index is 0.0332. The van der Waals surface area contributed by atoms with Crippen molar-refractivity contribution in [3.05, 3.63) is 93.8 Å². The van der Waals surface area contributed by atoms with Crippen LogP contribution < -0.4 is 0 Å². The molecule has 27 heavy (non-hydrogen) atoms. The van der Waals surface area contributed by atoms with E-state index >= 15 is 0 Å². The zero-order chi connectivity index (χ0) is 18.4. The number of nitrogens with one attached hydrogen (secondary N) is 1. The van der Waals surface area contributed by atoms with Crippen molar-refractivity contribution in [2.75, 3.05) is 0 Å². The molecule has 0 amide bonds. The van der Waals surface area contributed by atoms with Crippen LogP contribution in [0.3, 0.4) is 0 Å². The highest BCUT2D eigenvalue weighted by molar-refractivity contribution is 5.95. The molecule has 1 aliphatic carbocycles. The molecule has 1 aromatic heterocycles. The van der Waals surface area contributed by atoms with Crippen molar-refractivity contribution in [3.63, 3.8) is 0 Å². The van der Waals surface area contributed by atoms with E-state index in [2.05, 4.69) is 53.5 Å². The van der Waals surface area contributed by atoms with Crippen LogP contribution >= 0.6 is 0 Å². The Morgan fingerprint density at radius 2 is 1.89 bits per heavy atom. The average Bonchev–Trinajstić information content (AvgIpc) is 3.31. The summed E-state index contributed by atoms with van der Waals surface area (Å²) < 4.78 is 5.65. The van der Waals surface area contributed by atoms with Crippen LogP contribution in [-0.4, -0.2) is 10.8 Å². The van der Waals surface area contributed by atoms with E-state index in [4.69, 9.17) is 4.74 Å². The quantitative estimate of drug-likeness (QED) is 0.714. The van der Waals surface area contributed by atoms with Crippen LogP contribution in [0.4, 0.5) is 0 Å². The maximum Gasteiger partial charge on any atom is 0.130 e. The fraction of sp³-hybridized carbons (Fsp3) is 0.208. The number of benzene rings is 2. The molecule has 3 nitrogen and oxygen atoms in total. The van der Waals surface area contributed by atoms with Gasteiger partial charge in [0.2, 0.25) is 0 Å². The van der Waals surface area contributed by atoms with Gasteiger partial charge in [0.25, 0.3) is 0 Å². The molecule has 0 bridgehead atoms. The van der Waals surface area contributed by atoms with Crippen molar-refractivity contribution in [2.24, 2.45) is 0 Å². The number of fused-ring (bicyclic) bond motifs is 3. The van der Waals surface area contributed by atoms with E-state index in [0.717, 1.165) is 5.69 Å². The summed E-state index contributed by atoms with van der Waals surface area (Å²) in [5, 5.41) is 0. The molecule has 0 saturated carbocycles. The lowest BCUT2D eigenvalue weighted by molar-refractivity contribution is -0.117. The molecule has 1 atom stereocenters. The number of aromatic amines is 1. The fourth-order valence-electron chi connectivity index (χ4n) is 4.34. The Balaban J connectivity index is 1.78. The molecule has 2 heterocycles. The molecule has 0 unspecified atom stereocenters. The molecule has 1 aliphatic heterocycles. The van der Waals surface area contributed by atoms with E-state index in [1.165, 1.54) is 39.0 Å². The topological polar surface area (TPSA) is 42.1 Å². The van der Waals surface area contributed by atoms with Gasteiger partial charge in [0, 0.05) is 29.8 Å². The number of aromatic nitrogens is 1. The number of carbonyl (C=O) groups is 1. The minimum absolute atomic E-state index is 0.0332. The summed E-state index contributed by atoms with van der Waals surface area (Å²) in [6.07, 6.45) is 4.75. The van der Waals surface area contributed by atoms with Crippen LogP contribution in [-0.2, 0) is 22.7 Å². The molecule has 0 spiro atoms. The minimum Gasteiger partial charge on any atom is -0.372 e. The molecule has 0 saturated heterocycles. The summed E-state index contributed by atoms with van der Waals surface area (Å²) in [4.78, 5) is 15.5. The number of ketones is 1. The number of rotatable bonds is 3. The smallest absolute Gasteiger partial charge is 0.130 e. The maximum atomic E-state index is 12.1. The van der Waals surface area contributed by atoms with Gasteiger partial charge in [-0.1, -0.05) is 36.4 Å². The molecule has 2 aromatic carbocycles. The van der Waals surface area contributed by atoms with Gasteiger partial charge < -0.3 is 9.72 Å². The lowest BCUT2D eigenvalue weighted by Crippen LogP contribution is -2.09. The Bertz CT molecular complexity index is 1060. The molecule has 1 N–H and O–H groups in total. The van der Waals surface area contributed by atoms with Crippen LogP contribution in [0.1, 0.15) is 58.3 Å². The van der Waals surface area contributed by atoms with Gasteiger partial charge in [0.1, 0.15) is 5.78 Å². The Morgan fingerprint density at radius 1 is 1.11 bits per heavy atom. The number of Topliss-reactive ketones (excluding diaryl/α,β-unsaturated/α-hetero) is 1. The molecule has 0 fully saturated rings. The molecular formula is C24H21NO2. The Labute approximate surface area is 158 Å². The molecule has 3 heteroatoms. The lowest BCUT2D eigenvalue weighted by atomic mass is 9.86. The van der Waals surface area contributed by atoms with Gasteiger partial charge in [-0.05, 0) is 58.5 Å². The van der Waals surface area contributed by atoms with Crippen molar-refractivity contribution in [3.8, 4) is 0 Å². The Hall–Kier alpha value is -2.91. The Morgan fingerprint density at radius 3 is 2.67 bits per heavy atom. The van der Waals surface area contributed by atoms with Crippen molar-refractivity contribution < 1.29 is 9.53 Å². The normalized spacial score (nSPS) is 17.5. The zero-order valence-electron chi connectivity index (χ0n) is 15.3. The molecule has 2 aliphatic rings. The third-order valence-corrected chi connectivity index (χ3v) is 5.59. The predicted octanol–water partition coefficient (Wildman–Crippen LogP) is 5.06. The van der Waals surface area contributed by atoms with E-state index in [9.17, 15) is 4.79 Å². The van der Waals surface area contributed by atoms with Gasteiger partial charge >= 0.3 is 0 Å². The van der Waals surface area contributed by atoms with Crippen LogP contribution in [0.15, 0.2) is 54.7 Å². The number of H-pyrrole nitrogens is 1. The highest BCUT2D eigenvalue weighted by Gasteiger charge is 2.29. The van der Waals surface area contributed by atoms with Gasteiger partial charge in [-0.15, -0.1) is 0 Å². The first-order valence-electron chi connectivity index (χ1n) is 9.38. The highest BCUT2D eigenvalue weighted by Crippen LogP contribution is 2.43. The van der Waals surface area contributed by atoms with Crippen LogP contribution in [0.2, 0.25) is 0 Å². The van der Waals surface area contributed by atoms with E-state index in [1.807, 2.05) is 12.3 Å². The monoisotopic (exact) mass is 355 g/mol. The number of hydrogen-bond acceptors (Lipinski definition) is 2. The standard InChI is InChI=1S/C24H21NO2/c1-15(26)9-23-22-12-19-14-27-13-18(19)10-17(22)11-21(16-5-3-2-4-6-16)20-7-8-25-24(20)23/h2-8,10-12,23,25H,9,13-14H2,1H3/t23-/m1/s1. The van der Waals surface area contributed by atoms with Gasteiger partial charge in [-0.25, -0.2) is 0 Å². The maximum absolute atomic E-state index is 12.1.